The van der Waals surface area contributed by atoms with Crippen molar-refractivity contribution in [3.63, 3.8) is 0 Å². The summed E-state index contributed by atoms with van der Waals surface area (Å²) in [6, 6.07) is 8.40. The summed E-state index contributed by atoms with van der Waals surface area (Å²) in [5, 5.41) is 12.5. The van der Waals surface area contributed by atoms with Crippen LogP contribution in [0.1, 0.15) is 11.1 Å². The Morgan fingerprint density at radius 3 is 2.24 bits per heavy atom. The first kappa shape index (κ1) is 16.2. The van der Waals surface area contributed by atoms with Crippen LogP contribution in [-0.4, -0.2) is 5.11 Å². The number of benzene rings is 2. The molecule has 21 heavy (non-hydrogen) atoms. The van der Waals surface area contributed by atoms with Crippen LogP contribution < -0.4 is 5.32 Å². The number of aromatic hydroxyl groups is 1. The van der Waals surface area contributed by atoms with Crippen LogP contribution in [0.2, 0.25) is 0 Å². The van der Waals surface area contributed by atoms with Crippen LogP contribution in [0.5, 0.6) is 5.75 Å². The summed E-state index contributed by atoms with van der Waals surface area (Å²) in [4.78, 5) is 0. The molecule has 112 valence electrons. The Labute approximate surface area is 136 Å². The number of phenolic OH excluding ortho intramolecular Hbond substituents is 1. The van der Waals surface area contributed by atoms with E-state index in [0.717, 1.165) is 17.7 Å². The number of phenols is 1. The summed E-state index contributed by atoms with van der Waals surface area (Å²) >= 11 is 6.41. The highest BCUT2D eigenvalue weighted by atomic mass is 79.9. The van der Waals surface area contributed by atoms with E-state index in [1.807, 2.05) is 0 Å². The zero-order chi connectivity index (χ0) is 15.6. The van der Waals surface area contributed by atoms with Gasteiger partial charge in [0.15, 0.2) is 0 Å². The summed E-state index contributed by atoms with van der Waals surface area (Å²) < 4.78 is 38.9. The first-order valence-corrected chi connectivity index (χ1v) is 7.44. The standard InChI is InChI=1S/C14H10Br2F3NO/c15-11-4-8(5-12(16)13(11)21)7-20-10-3-1-2-9(6-10)14(17,18)19/h1-6,20-21H,7H2. The summed E-state index contributed by atoms with van der Waals surface area (Å²) in [6.07, 6.45) is -4.36. The SMILES string of the molecule is Oc1c(Br)cc(CNc2cccc(C(F)(F)F)c2)cc1Br. The average Bonchev–Trinajstić information content (AvgIpc) is 2.42. The van der Waals surface area contributed by atoms with Gasteiger partial charge in [0, 0.05) is 12.2 Å². The van der Waals surface area contributed by atoms with E-state index >= 15 is 0 Å². The predicted octanol–water partition coefficient (Wildman–Crippen LogP) is 5.55. The predicted molar refractivity (Wildman–Crippen MR) is 82.3 cm³/mol. The van der Waals surface area contributed by atoms with Gasteiger partial charge in [-0.25, -0.2) is 0 Å². The summed E-state index contributed by atoms with van der Waals surface area (Å²) in [7, 11) is 0. The summed E-state index contributed by atoms with van der Waals surface area (Å²) in [5.74, 6) is 0.0813. The van der Waals surface area contributed by atoms with Gasteiger partial charge in [-0.2, -0.15) is 13.2 Å². The van der Waals surface area contributed by atoms with Gasteiger partial charge in [-0.15, -0.1) is 0 Å². The number of hydrogen-bond donors (Lipinski definition) is 2. The maximum atomic E-state index is 12.6. The molecule has 0 fully saturated rings. The van der Waals surface area contributed by atoms with Crippen LogP contribution >= 0.6 is 31.9 Å². The zero-order valence-electron chi connectivity index (χ0n) is 10.5. The van der Waals surface area contributed by atoms with Gasteiger partial charge in [0.2, 0.25) is 0 Å². The lowest BCUT2D eigenvalue weighted by Crippen LogP contribution is -2.06. The van der Waals surface area contributed by atoms with E-state index in [1.165, 1.54) is 6.07 Å². The Hall–Kier alpha value is -1.21. The molecule has 2 N–H and O–H groups in total. The molecule has 2 aromatic rings. The zero-order valence-corrected chi connectivity index (χ0v) is 13.7. The molecule has 0 heterocycles. The van der Waals surface area contributed by atoms with Crippen molar-refractivity contribution in [3.05, 3.63) is 56.5 Å². The smallest absolute Gasteiger partial charge is 0.416 e. The summed E-state index contributed by atoms with van der Waals surface area (Å²) in [6.45, 7) is 0.332. The number of halogens is 5. The Kier molecular flexibility index (Phi) is 4.83. The number of nitrogens with one attached hydrogen (secondary N) is 1. The van der Waals surface area contributed by atoms with Crippen molar-refractivity contribution in [2.24, 2.45) is 0 Å². The molecule has 0 radical (unpaired) electrons. The minimum absolute atomic E-state index is 0.0813. The minimum atomic E-state index is -4.36. The molecule has 0 aliphatic rings. The Morgan fingerprint density at radius 2 is 1.67 bits per heavy atom. The van der Waals surface area contributed by atoms with Gasteiger partial charge in [-0.3, -0.25) is 0 Å². The monoisotopic (exact) mass is 423 g/mol. The maximum absolute atomic E-state index is 12.6. The Balaban J connectivity index is 2.14. The van der Waals surface area contributed by atoms with Gasteiger partial charge in [-0.1, -0.05) is 6.07 Å². The van der Waals surface area contributed by atoms with Crippen LogP contribution in [0.15, 0.2) is 45.3 Å². The van der Waals surface area contributed by atoms with E-state index in [0.29, 0.717) is 21.2 Å². The van der Waals surface area contributed by atoms with E-state index in [2.05, 4.69) is 37.2 Å². The van der Waals surface area contributed by atoms with Gasteiger partial charge < -0.3 is 10.4 Å². The lowest BCUT2D eigenvalue weighted by Gasteiger charge is -2.11. The fourth-order valence-corrected chi connectivity index (χ4v) is 3.01. The fourth-order valence-electron chi connectivity index (χ4n) is 1.73. The van der Waals surface area contributed by atoms with Crippen molar-refractivity contribution in [3.8, 4) is 5.75 Å². The second kappa shape index (κ2) is 6.27. The van der Waals surface area contributed by atoms with Crippen LogP contribution in [0.4, 0.5) is 18.9 Å². The van der Waals surface area contributed by atoms with Crippen molar-refractivity contribution in [1.82, 2.24) is 0 Å². The molecular weight excluding hydrogens is 415 g/mol. The molecule has 0 aliphatic heterocycles. The number of anilines is 1. The van der Waals surface area contributed by atoms with E-state index in [4.69, 9.17) is 0 Å². The number of hydrogen-bond acceptors (Lipinski definition) is 2. The molecule has 2 nitrogen and oxygen atoms in total. The molecule has 7 heteroatoms. The van der Waals surface area contributed by atoms with Crippen molar-refractivity contribution in [2.45, 2.75) is 12.7 Å². The van der Waals surface area contributed by atoms with E-state index in [-0.39, 0.29) is 5.75 Å². The first-order chi connectivity index (χ1) is 9.77. The van der Waals surface area contributed by atoms with Gasteiger partial charge in [0.25, 0.3) is 0 Å². The van der Waals surface area contributed by atoms with Gasteiger partial charge >= 0.3 is 6.18 Å². The maximum Gasteiger partial charge on any atom is 0.416 e. The highest BCUT2D eigenvalue weighted by Crippen LogP contribution is 2.34. The first-order valence-electron chi connectivity index (χ1n) is 5.85. The Bertz CT molecular complexity index is 636. The molecule has 2 aromatic carbocycles. The van der Waals surface area contributed by atoms with Crippen LogP contribution in [-0.2, 0) is 12.7 Å². The topological polar surface area (TPSA) is 32.3 Å². The second-order valence-corrected chi connectivity index (χ2v) is 6.05. The molecule has 0 aromatic heterocycles. The molecule has 0 atom stereocenters. The van der Waals surface area contributed by atoms with Gasteiger partial charge in [0.05, 0.1) is 14.5 Å². The highest BCUT2D eigenvalue weighted by molar-refractivity contribution is 9.11. The van der Waals surface area contributed by atoms with Gasteiger partial charge in [0.1, 0.15) is 5.75 Å². The lowest BCUT2D eigenvalue weighted by molar-refractivity contribution is -0.137. The molecule has 0 saturated carbocycles. The van der Waals surface area contributed by atoms with Crippen LogP contribution in [0.3, 0.4) is 0 Å². The van der Waals surface area contributed by atoms with Crippen molar-refractivity contribution < 1.29 is 18.3 Å². The lowest BCUT2D eigenvalue weighted by atomic mass is 10.1. The van der Waals surface area contributed by atoms with E-state index in [1.54, 1.807) is 18.2 Å². The second-order valence-electron chi connectivity index (χ2n) is 4.34. The van der Waals surface area contributed by atoms with Crippen LogP contribution in [0, 0.1) is 0 Å². The molecular formula is C14H10Br2F3NO. The van der Waals surface area contributed by atoms with Gasteiger partial charge in [-0.05, 0) is 67.8 Å². The number of rotatable bonds is 3. The van der Waals surface area contributed by atoms with Crippen molar-refractivity contribution in [2.75, 3.05) is 5.32 Å². The van der Waals surface area contributed by atoms with Crippen LogP contribution in [0.25, 0.3) is 0 Å². The fraction of sp³-hybridized carbons (Fsp3) is 0.143. The molecule has 0 bridgehead atoms. The molecule has 0 saturated heterocycles. The molecule has 0 unspecified atom stereocenters. The molecule has 0 amide bonds. The van der Waals surface area contributed by atoms with Crippen molar-refractivity contribution >= 4 is 37.5 Å². The largest absolute Gasteiger partial charge is 0.506 e. The van der Waals surface area contributed by atoms with E-state index < -0.39 is 11.7 Å². The minimum Gasteiger partial charge on any atom is -0.506 e. The number of alkyl halides is 3. The van der Waals surface area contributed by atoms with E-state index in [9.17, 15) is 18.3 Å². The molecule has 0 aliphatic carbocycles. The Morgan fingerprint density at radius 1 is 1.05 bits per heavy atom. The van der Waals surface area contributed by atoms with Crippen molar-refractivity contribution in [1.29, 1.82) is 0 Å². The summed E-state index contributed by atoms with van der Waals surface area (Å²) in [5.41, 5.74) is 0.495. The average molecular weight is 425 g/mol. The molecule has 0 spiro atoms. The molecule has 2 rings (SSSR count). The normalized spacial score (nSPS) is 11.5. The third-order valence-electron chi connectivity index (χ3n) is 2.76. The highest BCUT2D eigenvalue weighted by Gasteiger charge is 2.30. The quantitative estimate of drug-likeness (QED) is 0.677. The third kappa shape index (κ3) is 4.14. The third-order valence-corrected chi connectivity index (χ3v) is 3.97.